The van der Waals surface area contributed by atoms with Gasteiger partial charge in [-0.1, -0.05) is 36.4 Å². The number of rotatable bonds is 7. The first-order chi connectivity index (χ1) is 13.8. The Labute approximate surface area is 166 Å². The predicted molar refractivity (Wildman–Crippen MR) is 103 cm³/mol. The summed E-state index contributed by atoms with van der Waals surface area (Å²) in [7, 11) is 1.46. The van der Waals surface area contributed by atoms with E-state index in [1.807, 2.05) is 30.3 Å². The topological polar surface area (TPSA) is 65.5 Å². The number of aliphatic imine (C=N–C) groups is 1. The summed E-state index contributed by atoms with van der Waals surface area (Å²) < 4.78 is 52.3. The number of carbonyl (C=O) groups is 1. The molecule has 0 unspecified atom stereocenters. The van der Waals surface area contributed by atoms with E-state index in [-0.39, 0.29) is 36.9 Å². The zero-order valence-electron chi connectivity index (χ0n) is 15.8. The Morgan fingerprint density at radius 1 is 1.00 bits per heavy atom. The molecule has 0 bridgehead atoms. The van der Waals surface area contributed by atoms with Crippen molar-refractivity contribution in [3.05, 3.63) is 71.0 Å². The Kier molecular flexibility index (Phi) is 7.99. The van der Waals surface area contributed by atoms with Crippen molar-refractivity contribution in [2.75, 3.05) is 13.6 Å². The summed E-state index contributed by atoms with van der Waals surface area (Å²) in [5.41, 5.74) is -0.172. The van der Waals surface area contributed by atoms with Gasteiger partial charge in [0.2, 0.25) is 5.91 Å². The molecule has 0 atom stereocenters. The number of hydrogen-bond donors (Lipinski definition) is 3. The monoisotopic (exact) mass is 410 g/mol. The molecule has 5 nitrogen and oxygen atoms in total. The number of halogens is 4. The van der Waals surface area contributed by atoms with Crippen molar-refractivity contribution >= 4 is 11.9 Å². The highest BCUT2D eigenvalue weighted by atomic mass is 19.4. The van der Waals surface area contributed by atoms with Crippen LogP contribution in [0.4, 0.5) is 17.6 Å². The normalized spacial score (nSPS) is 11.8. The fourth-order valence-electron chi connectivity index (χ4n) is 2.55. The lowest BCUT2D eigenvalue weighted by atomic mass is 10.1. The Morgan fingerprint density at radius 2 is 1.72 bits per heavy atom. The lowest BCUT2D eigenvalue weighted by Gasteiger charge is -2.16. The van der Waals surface area contributed by atoms with Crippen LogP contribution in [0.15, 0.2) is 53.5 Å². The van der Waals surface area contributed by atoms with Crippen LogP contribution < -0.4 is 16.0 Å². The van der Waals surface area contributed by atoms with Crippen LogP contribution in [0.2, 0.25) is 0 Å². The molecular weight excluding hydrogens is 388 g/mol. The molecule has 0 aliphatic heterocycles. The van der Waals surface area contributed by atoms with Crippen molar-refractivity contribution in [2.24, 2.45) is 4.99 Å². The Hall–Kier alpha value is -3.10. The van der Waals surface area contributed by atoms with Gasteiger partial charge in [0.1, 0.15) is 5.82 Å². The number of amides is 1. The number of nitrogens with one attached hydrogen (secondary N) is 3. The van der Waals surface area contributed by atoms with Crippen LogP contribution in [0.3, 0.4) is 0 Å². The minimum Gasteiger partial charge on any atom is -0.356 e. The van der Waals surface area contributed by atoms with Gasteiger partial charge in [-0.15, -0.1) is 0 Å². The van der Waals surface area contributed by atoms with Crippen LogP contribution in [0.25, 0.3) is 0 Å². The van der Waals surface area contributed by atoms with Crippen molar-refractivity contribution in [3.63, 3.8) is 0 Å². The van der Waals surface area contributed by atoms with Crippen molar-refractivity contribution < 1.29 is 22.4 Å². The first-order valence-electron chi connectivity index (χ1n) is 8.90. The third kappa shape index (κ3) is 7.44. The molecule has 0 radical (unpaired) electrons. The molecule has 29 heavy (non-hydrogen) atoms. The van der Waals surface area contributed by atoms with Gasteiger partial charge in [0.15, 0.2) is 5.96 Å². The van der Waals surface area contributed by atoms with Crippen LogP contribution in [0.5, 0.6) is 0 Å². The summed E-state index contributed by atoms with van der Waals surface area (Å²) in [6.07, 6.45) is -4.50. The van der Waals surface area contributed by atoms with Crippen LogP contribution in [0, 0.1) is 5.82 Å². The molecule has 0 saturated heterocycles. The maximum absolute atomic E-state index is 13.2. The zero-order valence-corrected chi connectivity index (χ0v) is 15.8. The quantitative estimate of drug-likeness (QED) is 0.373. The maximum Gasteiger partial charge on any atom is 0.416 e. The van der Waals surface area contributed by atoms with Gasteiger partial charge >= 0.3 is 6.18 Å². The minimum absolute atomic E-state index is 0.109. The fraction of sp³-hybridized carbons (Fsp3) is 0.300. The zero-order chi connectivity index (χ0) is 21.3. The molecule has 0 aromatic heterocycles. The van der Waals surface area contributed by atoms with Gasteiger partial charge in [0, 0.05) is 33.1 Å². The van der Waals surface area contributed by atoms with E-state index in [9.17, 15) is 22.4 Å². The molecule has 2 aromatic rings. The van der Waals surface area contributed by atoms with E-state index in [2.05, 4.69) is 20.9 Å². The Morgan fingerprint density at radius 3 is 2.38 bits per heavy atom. The molecule has 0 saturated carbocycles. The van der Waals surface area contributed by atoms with Gasteiger partial charge in [-0.3, -0.25) is 9.79 Å². The summed E-state index contributed by atoms with van der Waals surface area (Å²) >= 11 is 0. The van der Waals surface area contributed by atoms with Crippen LogP contribution in [0.1, 0.15) is 23.1 Å². The van der Waals surface area contributed by atoms with E-state index in [4.69, 9.17) is 0 Å². The molecule has 0 fully saturated rings. The fourth-order valence-corrected chi connectivity index (χ4v) is 2.55. The summed E-state index contributed by atoms with van der Waals surface area (Å²) in [6.45, 7) is 0.461. The molecule has 2 aromatic carbocycles. The largest absolute Gasteiger partial charge is 0.416 e. The number of hydrogen-bond acceptors (Lipinski definition) is 2. The lowest BCUT2D eigenvalue weighted by Crippen LogP contribution is -2.39. The van der Waals surface area contributed by atoms with Crippen molar-refractivity contribution in [3.8, 4) is 0 Å². The number of benzene rings is 2. The maximum atomic E-state index is 13.2. The highest BCUT2D eigenvalue weighted by molar-refractivity contribution is 5.81. The molecule has 0 spiro atoms. The Balaban J connectivity index is 1.79. The third-order valence-corrected chi connectivity index (χ3v) is 4.02. The van der Waals surface area contributed by atoms with Crippen LogP contribution >= 0.6 is 0 Å². The summed E-state index contributed by atoms with van der Waals surface area (Å²) in [5, 5.41) is 8.37. The molecule has 0 aliphatic rings. The first kappa shape index (κ1) is 22.2. The molecule has 3 N–H and O–H groups in total. The second-order valence-electron chi connectivity index (χ2n) is 6.16. The van der Waals surface area contributed by atoms with E-state index >= 15 is 0 Å². The molecule has 0 aliphatic carbocycles. The van der Waals surface area contributed by atoms with Crippen LogP contribution in [-0.2, 0) is 24.1 Å². The average molecular weight is 410 g/mol. The van der Waals surface area contributed by atoms with Gasteiger partial charge in [0.25, 0.3) is 0 Å². The second-order valence-corrected chi connectivity index (χ2v) is 6.16. The van der Waals surface area contributed by atoms with Gasteiger partial charge in [-0.2, -0.15) is 13.2 Å². The standard InChI is InChI=1S/C20H22F4N4O/c1-25-19(26-10-9-18(29)27-12-14-5-3-2-4-6-14)28-13-15-7-8-16(21)11-17(15)20(22,23)24/h2-8,11H,9-10,12-13H2,1H3,(H,27,29)(H2,25,26,28). The van der Waals surface area contributed by atoms with Crippen molar-refractivity contribution in [2.45, 2.75) is 25.7 Å². The minimum atomic E-state index is -4.66. The number of carbonyl (C=O) groups excluding carboxylic acids is 1. The molecule has 0 heterocycles. The molecule has 1 amide bonds. The third-order valence-electron chi connectivity index (χ3n) is 4.02. The Bertz CT molecular complexity index is 838. The van der Waals surface area contributed by atoms with Gasteiger partial charge < -0.3 is 16.0 Å². The predicted octanol–water partition coefficient (Wildman–Crippen LogP) is 3.22. The second kappa shape index (κ2) is 10.4. The molecule has 156 valence electrons. The van der Waals surface area contributed by atoms with E-state index in [0.717, 1.165) is 17.7 Å². The van der Waals surface area contributed by atoms with Gasteiger partial charge in [-0.25, -0.2) is 4.39 Å². The summed E-state index contributed by atoms with van der Waals surface area (Å²) in [4.78, 5) is 15.8. The molecular formula is C20H22F4N4O. The first-order valence-corrected chi connectivity index (χ1v) is 8.90. The van der Waals surface area contributed by atoms with E-state index < -0.39 is 17.6 Å². The lowest BCUT2D eigenvalue weighted by molar-refractivity contribution is -0.138. The SMILES string of the molecule is CN=C(NCCC(=O)NCc1ccccc1)NCc1ccc(F)cc1C(F)(F)F. The van der Waals surface area contributed by atoms with Crippen molar-refractivity contribution in [1.82, 2.24) is 16.0 Å². The van der Waals surface area contributed by atoms with Gasteiger partial charge in [0.05, 0.1) is 5.56 Å². The summed E-state index contributed by atoms with van der Waals surface area (Å²) in [5.74, 6) is -0.891. The summed E-state index contributed by atoms with van der Waals surface area (Å²) in [6, 6.07) is 12.0. The highest BCUT2D eigenvalue weighted by Crippen LogP contribution is 2.32. The number of guanidine groups is 1. The van der Waals surface area contributed by atoms with Crippen LogP contribution in [-0.4, -0.2) is 25.5 Å². The highest BCUT2D eigenvalue weighted by Gasteiger charge is 2.33. The van der Waals surface area contributed by atoms with E-state index in [1.165, 1.54) is 7.05 Å². The average Bonchev–Trinajstić information content (AvgIpc) is 2.69. The number of nitrogens with zero attached hydrogens (tertiary/aromatic N) is 1. The smallest absolute Gasteiger partial charge is 0.356 e. The van der Waals surface area contributed by atoms with Crippen molar-refractivity contribution in [1.29, 1.82) is 0 Å². The molecule has 9 heteroatoms. The van der Waals surface area contributed by atoms with Gasteiger partial charge in [-0.05, 0) is 23.3 Å². The number of alkyl halides is 3. The van der Waals surface area contributed by atoms with E-state index in [1.54, 1.807) is 0 Å². The molecule has 2 rings (SSSR count). The van der Waals surface area contributed by atoms with E-state index in [0.29, 0.717) is 12.6 Å².